The van der Waals surface area contributed by atoms with Gasteiger partial charge in [-0.3, -0.25) is 9.59 Å². The van der Waals surface area contributed by atoms with Crippen molar-refractivity contribution in [3.8, 4) is 0 Å². The Morgan fingerprint density at radius 1 is 0.383 bits per heavy atom. The van der Waals surface area contributed by atoms with Crippen molar-refractivity contribution in [1.29, 1.82) is 0 Å². The van der Waals surface area contributed by atoms with Gasteiger partial charge in [0, 0.05) is 47.2 Å². The third kappa shape index (κ3) is 18.7. The molecular weight excluding hydrogens is 1180 g/mol. The van der Waals surface area contributed by atoms with Gasteiger partial charge in [0.15, 0.2) is 0 Å². The minimum atomic E-state index is -0.0417. The van der Waals surface area contributed by atoms with Crippen LogP contribution >= 0.6 is 0 Å². The number of fused-ring (bicyclic) bond motifs is 6. The summed E-state index contributed by atoms with van der Waals surface area (Å²) >= 11 is 0. The molecule has 12 rings (SSSR count). The molecule has 0 saturated carbocycles. The third-order valence-corrected chi connectivity index (χ3v) is 17.6. The lowest BCUT2D eigenvalue weighted by Crippen LogP contribution is -2.29. The van der Waals surface area contributed by atoms with Crippen molar-refractivity contribution < 1.29 is 47.7 Å². The average molecular weight is 1280 g/mol. The molecule has 6 atom stereocenters. The van der Waals surface area contributed by atoms with Gasteiger partial charge in [-0.05, 0) is 160 Å². The Labute approximate surface area is 560 Å². The number of rotatable bonds is 20. The van der Waals surface area contributed by atoms with E-state index >= 15 is 0 Å². The number of hydrogen-bond donors (Lipinski definition) is 12. The van der Waals surface area contributed by atoms with E-state index in [-0.39, 0.29) is 103 Å². The van der Waals surface area contributed by atoms with Crippen LogP contribution in [-0.2, 0) is 37.5 Å². The summed E-state index contributed by atoms with van der Waals surface area (Å²) in [5, 5.41) is 36.1. The van der Waals surface area contributed by atoms with Gasteiger partial charge >= 0.3 is 41.5 Å². The van der Waals surface area contributed by atoms with Gasteiger partial charge in [0.25, 0.3) is 0 Å². The van der Waals surface area contributed by atoms with Crippen molar-refractivity contribution in [2.45, 2.75) is 145 Å². The predicted octanol–water partition coefficient (Wildman–Crippen LogP) is 6.46. The average Bonchev–Trinajstić information content (AvgIpc) is 1.69. The Morgan fingerprint density at radius 2 is 0.691 bits per heavy atom. The summed E-state index contributed by atoms with van der Waals surface area (Å²) in [6.45, 7) is 27.3. The van der Waals surface area contributed by atoms with Gasteiger partial charge in [-0.25, -0.2) is 0 Å². The fraction of sp³-hybridized carbons (Fsp3) is 0.441. The maximum absolute atomic E-state index is 11.0. The first kappa shape index (κ1) is 74.8. The number of nitrogens with two attached hydrogens (primary N) is 4. The molecular formula is C68H100B6N10O10. The first-order chi connectivity index (χ1) is 45.3. The molecule has 20 nitrogen and oxygen atoms in total. The molecule has 16 N–H and O–H groups in total. The van der Waals surface area contributed by atoms with Gasteiger partial charge in [-0.2, -0.15) is 0 Å². The van der Waals surface area contributed by atoms with E-state index in [1.807, 2.05) is 68.2 Å². The van der Waals surface area contributed by atoms with Gasteiger partial charge in [0.05, 0.1) is 63.1 Å². The summed E-state index contributed by atoms with van der Waals surface area (Å²) in [4.78, 5) is 21.9. The zero-order valence-electron chi connectivity index (χ0n) is 57.3. The molecule has 0 aromatic heterocycles. The number of anilines is 6. The van der Waals surface area contributed by atoms with E-state index in [9.17, 15) is 9.59 Å². The number of ketones is 2. The maximum atomic E-state index is 11.0. The Balaban J connectivity index is 0.000000160. The minimum absolute atomic E-state index is 0.00172. The van der Waals surface area contributed by atoms with Crippen molar-refractivity contribution in [2.75, 3.05) is 84.9 Å². The van der Waals surface area contributed by atoms with Crippen molar-refractivity contribution >= 4 is 120 Å². The predicted molar refractivity (Wildman–Crippen MR) is 394 cm³/mol. The van der Waals surface area contributed by atoms with Gasteiger partial charge in [-0.15, -0.1) is 0 Å². The van der Waals surface area contributed by atoms with E-state index in [0.717, 1.165) is 81.9 Å². The molecule has 6 aromatic carbocycles. The molecule has 94 heavy (non-hydrogen) atoms. The molecule has 500 valence electrons. The zero-order valence-corrected chi connectivity index (χ0v) is 57.3. The summed E-state index contributed by atoms with van der Waals surface area (Å²) < 4.78 is 34.9. The SMILES string of the molecule is CB1OC(CN)c2ccc(NCC(C)=O)cc21.CB1OC(CN)c2cccc(NCC(C)=O)c21.CCC1OB(C)c2c(NCN)cccc21.CCC1OB(C)c2c(NCO)cccc21.CCC1OB(C)c2cc(NCN)ccc21.CCC1OB(C)c2cc(NCO)ccc21. The Kier molecular flexibility index (Phi) is 29.0. The van der Waals surface area contributed by atoms with Gasteiger partial charge in [0.1, 0.15) is 25.0 Å². The quantitative estimate of drug-likeness (QED) is 0.0288. The van der Waals surface area contributed by atoms with Crippen LogP contribution in [-0.4, -0.2) is 116 Å². The number of aliphatic hydroxyl groups is 2. The lowest BCUT2D eigenvalue weighted by atomic mass is 9.63. The van der Waals surface area contributed by atoms with Crippen LogP contribution in [0.25, 0.3) is 0 Å². The monoisotopic (exact) mass is 1280 g/mol. The molecule has 0 bridgehead atoms. The molecule has 6 heterocycles. The standard InChI is InChI=1S/2C12H17BN2O2.2C11H17BN2O.2C11H16BNO2/c1-8(16)7-15-9-3-4-10-11(5-9)13(2)17-12(10)6-14;1-8(16)7-15-10-5-3-4-9-11(6-14)17-13(2)12(9)10;1-3-11-9-5-4-8(14-7-13)6-10(9)12(2)15-11;1-3-10-8-5-4-6-9(14-7-13)11(8)12(2)15-10;1-3-11-9-5-4-8(13-7-14)6-10(9)12(2)15-11;1-3-10-8-5-4-6-9(13-7-14)11(8)12(2)15-10/h3-5,12,15H,6-7,14H2,1-2H3;3-5,11,15H,6-7,14H2,1-2H3;4-6,11,14H,3,7,13H2,1-2H3;4-6,10,14H,3,7,13H2,1-2H3;4-6,11,13-14H,3,7H2,1-2H3;4-6,10,13-14H,3,7H2,1-2H3. The molecule has 0 radical (unpaired) electrons. The first-order valence-corrected chi connectivity index (χ1v) is 33.5. The van der Waals surface area contributed by atoms with Crippen LogP contribution in [0, 0.1) is 0 Å². The van der Waals surface area contributed by atoms with Crippen molar-refractivity contribution in [2.24, 2.45) is 22.9 Å². The second kappa shape index (κ2) is 36.5. The van der Waals surface area contributed by atoms with Crippen LogP contribution in [0.3, 0.4) is 0 Å². The van der Waals surface area contributed by atoms with Crippen LogP contribution in [0.15, 0.2) is 109 Å². The highest BCUT2D eigenvalue weighted by molar-refractivity contribution is 6.71. The fourth-order valence-corrected chi connectivity index (χ4v) is 13.2. The number of hydrogen-bond acceptors (Lipinski definition) is 20. The van der Waals surface area contributed by atoms with Crippen LogP contribution in [0.1, 0.15) is 137 Å². The molecule has 6 aromatic rings. The van der Waals surface area contributed by atoms with Gasteiger partial charge in [-0.1, -0.05) is 123 Å². The zero-order chi connectivity index (χ0) is 68.2. The Bertz CT molecular complexity index is 3300. The summed E-state index contributed by atoms with van der Waals surface area (Å²) in [5.74, 6) is 0.235. The molecule has 0 amide bonds. The van der Waals surface area contributed by atoms with E-state index in [1.165, 1.54) is 44.1 Å². The topological polar surface area (TPSA) is 306 Å². The lowest BCUT2D eigenvalue weighted by Gasteiger charge is -2.11. The highest BCUT2D eigenvalue weighted by Gasteiger charge is 2.37. The van der Waals surface area contributed by atoms with Crippen LogP contribution in [0.4, 0.5) is 34.1 Å². The fourth-order valence-electron chi connectivity index (χ4n) is 13.2. The normalized spacial score (nSPS) is 18.7. The molecule has 0 spiro atoms. The maximum Gasteiger partial charge on any atom is 0.326 e. The van der Waals surface area contributed by atoms with Gasteiger partial charge < -0.3 is 93.0 Å². The number of aliphatic hydroxyl groups excluding tert-OH is 2. The largest absolute Gasteiger partial charge is 0.424 e. The Morgan fingerprint density at radius 3 is 1.07 bits per heavy atom. The molecule has 0 aliphatic carbocycles. The molecule has 6 aliphatic rings. The highest BCUT2D eigenvalue weighted by Crippen LogP contribution is 2.33. The van der Waals surface area contributed by atoms with E-state index in [4.69, 9.17) is 61.1 Å². The molecule has 6 unspecified atom stereocenters. The second-order valence-corrected chi connectivity index (χ2v) is 24.2. The lowest BCUT2D eigenvalue weighted by molar-refractivity contribution is -0.116. The number of nitrogens with one attached hydrogen (secondary N) is 6. The van der Waals surface area contributed by atoms with Crippen molar-refractivity contribution in [3.63, 3.8) is 0 Å². The minimum Gasteiger partial charge on any atom is -0.424 e. The summed E-state index contributed by atoms with van der Waals surface area (Å²) in [6.07, 6.45) is 4.96. The summed E-state index contributed by atoms with van der Waals surface area (Å²) in [7, 11) is 0. The molecule has 6 aliphatic heterocycles. The summed E-state index contributed by atoms with van der Waals surface area (Å²) in [5.41, 5.74) is 43.1. The number of carbonyl (C=O) groups is 2. The third-order valence-electron chi connectivity index (χ3n) is 17.6. The number of carbonyl (C=O) groups excluding carboxylic acids is 2. The van der Waals surface area contributed by atoms with Gasteiger partial charge in [0.2, 0.25) is 0 Å². The smallest absolute Gasteiger partial charge is 0.326 e. The number of Topliss-reactive ketones (excluding diaryl/α,β-unsaturated/α-hetero) is 2. The van der Waals surface area contributed by atoms with E-state index in [1.54, 1.807) is 13.8 Å². The van der Waals surface area contributed by atoms with E-state index in [2.05, 4.69) is 141 Å². The first-order valence-electron chi connectivity index (χ1n) is 33.5. The summed E-state index contributed by atoms with van der Waals surface area (Å²) in [6, 6.07) is 36.8. The van der Waals surface area contributed by atoms with E-state index in [0.29, 0.717) is 39.5 Å². The van der Waals surface area contributed by atoms with Crippen molar-refractivity contribution in [3.05, 3.63) is 143 Å². The van der Waals surface area contributed by atoms with Crippen LogP contribution in [0.5, 0.6) is 0 Å². The van der Waals surface area contributed by atoms with E-state index < -0.39 is 0 Å². The molecule has 26 heteroatoms. The van der Waals surface area contributed by atoms with Crippen LogP contribution in [0.2, 0.25) is 40.9 Å². The van der Waals surface area contributed by atoms with Crippen LogP contribution < -0.4 is 87.6 Å². The Hall–Kier alpha value is -6.63. The second-order valence-electron chi connectivity index (χ2n) is 24.2. The number of benzene rings is 6. The van der Waals surface area contributed by atoms with Crippen molar-refractivity contribution in [1.82, 2.24) is 0 Å². The highest BCUT2D eigenvalue weighted by atomic mass is 16.5. The molecule has 0 fully saturated rings. The molecule has 0 saturated heterocycles.